The largest absolute Gasteiger partial charge is 0.354 e. The fourth-order valence-corrected chi connectivity index (χ4v) is 2.38. The van der Waals surface area contributed by atoms with Gasteiger partial charge in [-0.2, -0.15) is 0 Å². The van der Waals surface area contributed by atoms with E-state index in [1.165, 1.54) is 5.56 Å². The normalized spacial score (nSPS) is 10.8. The smallest absolute Gasteiger partial charge is 0.274 e. The van der Waals surface area contributed by atoms with Gasteiger partial charge in [-0.1, -0.05) is 19.1 Å². The zero-order valence-corrected chi connectivity index (χ0v) is 15.5. The van der Waals surface area contributed by atoms with Gasteiger partial charge in [0.05, 0.1) is 0 Å². The highest BCUT2D eigenvalue weighted by atomic mass is 16.1. The highest BCUT2D eigenvalue weighted by Crippen LogP contribution is 2.12. The Morgan fingerprint density at radius 1 is 1.16 bits per heavy atom. The number of hydrogen-bond donors (Lipinski definition) is 2. The number of benzene rings is 1. The van der Waals surface area contributed by atoms with E-state index in [2.05, 4.69) is 32.4 Å². The molecule has 6 heteroatoms. The average Bonchev–Trinajstić information content (AvgIpc) is 2.59. The average molecular weight is 341 g/mol. The van der Waals surface area contributed by atoms with Gasteiger partial charge < -0.3 is 15.5 Å². The molecule has 1 heterocycles. The Morgan fingerprint density at radius 2 is 1.88 bits per heavy atom. The van der Waals surface area contributed by atoms with Crippen LogP contribution in [-0.2, 0) is 6.42 Å². The number of nitrogens with zero attached hydrogens (tertiary/aromatic N) is 3. The molecule has 0 spiro atoms. The van der Waals surface area contributed by atoms with E-state index < -0.39 is 0 Å². The number of nitrogens with one attached hydrogen (secondary N) is 2. The summed E-state index contributed by atoms with van der Waals surface area (Å²) < 4.78 is 0. The maximum atomic E-state index is 12.5. The van der Waals surface area contributed by atoms with E-state index in [4.69, 9.17) is 0 Å². The molecule has 0 unspecified atom stereocenters. The van der Waals surface area contributed by atoms with Crippen LogP contribution in [0.25, 0.3) is 0 Å². The summed E-state index contributed by atoms with van der Waals surface area (Å²) in [6, 6.07) is 9.54. The molecular formula is C19H27N5O. The van der Waals surface area contributed by atoms with Crippen LogP contribution >= 0.6 is 0 Å². The molecule has 0 aliphatic carbocycles. The SMILES string of the molecule is CCc1ccc(NC(=O)c2cc(C)nc(NCCCN(C)C)n2)cc1. The first-order chi connectivity index (χ1) is 12.0. The van der Waals surface area contributed by atoms with Crippen LogP contribution in [0.3, 0.4) is 0 Å². The molecule has 134 valence electrons. The van der Waals surface area contributed by atoms with Crippen molar-refractivity contribution >= 4 is 17.5 Å². The molecule has 25 heavy (non-hydrogen) atoms. The van der Waals surface area contributed by atoms with Gasteiger partial charge in [-0.25, -0.2) is 9.97 Å². The zero-order chi connectivity index (χ0) is 18.2. The highest BCUT2D eigenvalue weighted by molar-refractivity contribution is 6.03. The van der Waals surface area contributed by atoms with Crippen LogP contribution in [0.4, 0.5) is 11.6 Å². The summed E-state index contributed by atoms with van der Waals surface area (Å²) in [4.78, 5) is 23.3. The fourth-order valence-electron chi connectivity index (χ4n) is 2.38. The Kier molecular flexibility index (Phi) is 6.89. The van der Waals surface area contributed by atoms with E-state index in [9.17, 15) is 4.79 Å². The lowest BCUT2D eigenvalue weighted by atomic mass is 10.1. The Hall–Kier alpha value is -2.47. The molecule has 0 saturated carbocycles. The van der Waals surface area contributed by atoms with Crippen molar-refractivity contribution in [2.75, 3.05) is 37.8 Å². The molecule has 2 aromatic rings. The third kappa shape index (κ3) is 6.15. The Balaban J connectivity index is 2.00. The fraction of sp³-hybridized carbons (Fsp3) is 0.421. The molecule has 0 bridgehead atoms. The van der Waals surface area contributed by atoms with Gasteiger partial charge in [-0.15, -0.1) is 0 Å². The number of amides is 1. The molecule has 0 atom stereocenters. The van der Waals surface area contributed by atoms with Crippen LogP contribution in [0.2, 0.25) is 0 Å². The predicted octanol–water partition coefficient (Wildman–Crippen LogP) is 2.96. The second kappa shape index (κ2) is 9.13. The standard InChI is InChI=1S/C19H27N5O/c1-5-15-7-9-16(10-8-15)22-18(25)17-13-14(2)21-19(23-17)20-11-6-12-24(3)4/h7-10,13H,5-6,11-12H2,1-4H3,(H,22,25)(H,20,21,23). The maximum absolute atomic E-state index is 12.5. The molecule has 2 N–H and O–H groups in total. The molecule has 0 fully saturated rings. The van der Waals surface area contributed by atoms with Gasteiger partial charge in [0.1, 0.15) is 5.69 Å². The van der Waals surface area contributed by atoms with Gasteiger partial charge in [0.2, 0.25) is 5.95 Å². The highest BCUT2D eigenvalue weighted by Gasteiger charge is 2.11. The number of carbonyl (C=O) groups excluding carboxylic acids is 1. The van der Waals surface area contributed by atoms with Crippen LogP contribution in [0.5, 0.6) is 0 Å². The molecule has 1 aromatic carbocycles. The number of carbonyl (C=O) groups is 1. The Labute approximate surface area is 149 Å². The Morgan fingerprint density at radius 3 is 2.52 bits per heavy atom. The number of anilines is 2. The van der Waals surface area contributed by atoms with E-state index >= 15 is 0 Å². The lowest BCUT2D eigenvalue weighted by molar-refractivity contribution is 0.102. The first kappa shape index (κ1) is 18.9. The Bertz CT molecular complexity index is 697. The lowest BCUT2D eigenvalue weighted by Gasteiger charge is -2.11. The van der Waals surface area contributed by atoms with Crippen LogP contribution in [-0.4, -0.2) is 48.0 Å². The molecule has 0 radical (unpaired) electrons. The monoisotopic (exact) mass is 341 g/mol. The quantitative estimate of drug-likeness (QED) is 0.723. The second-order valence-corrected chi connectivity index (χ2v) is 6.31. The minimum Gasteiger partial charge on any atom is -0.354 e. The van der Waals surface area contributed by atoms with Gasteiger partial charge >= 0.3 is 0 Å². The van der Waals surface area contributed by atoms with E-state index in [0.717, 1.165) is 37.3 Å². The summed E-state index contributed by atoms with van der Waals surface area (Å²) in [5.41, 5.74) is 3.12. The van der Waals surface area contributed by atoms with Crippen molar-refractivity contribution in [3.05, 3.63) is 47.3 Å². The van der Waals surface area contributed by atoms with Crippen molar-refractivity contribution in [2.24, 2.45) is 0 Å². The molecule has 0 aliphatic rings. The number of hydrogen-bond acceptors (Lipinski definition) is 5. The van der Waals surface area contributed by atoms with Gasteiger partial charge in [0.15, 0.2) is 0 Å². The minimum atomic E-state index is -0.230. The minimum absolute atomic E-state index is 0.230. The van der Waals surface area contributed by atoms with E-state index in [1.807, 2.05) is 45.3 Å². The number of aryl methyl sites for hydroxylation is 2. The molecule has 1 amide bonds. The summed E-state index contributed by atoms with van der Waals surface area (Å²) in [5.74, 6) is 0.260. The van der Waals surface area contributed by atoms with E-state index in [1.54, 1.807) is 6.07 Å². The third-order valence-electron chi connectivity index (χ3n) is 3.77. The summed E-state index contributed by atoms with van der Waals surface area (Å²) in [6.07, 6.45) is 1.96. The molecule has 2 rings (SSSR count). The summed E-state index contributed by atoms with van der Waals surface area (Å²) in [5, 5.41) is 6.07. The van der Waals surface area contributed by atoms with Gasteiger partial charge in [0, 0.05) is 17.9 Å². The molecule has 0 aliphatic heterocycles. The van der Waals surface area contributed by atoms with Crippen molar-refractivity contribution in [3.63, 3.8) is 0 Å². The van der Waals surface area contributed by atoms with Gasteiger partial charge in [-0.3, -0.25) is 4.79 Å². The van der Waals surface area contributed by atoms with Crippen molar-refractivity contribution in [1.29, 1.82) is 0 Å². The van der Waals surface area contributed by atoms with Crippen LogP contribution in [0.1, 0.15) is 35.1 Å². The van der Waals surface area contributed by atoms with Crippen LogP contribution in [0.15, 0.2) is 30.3 Å². The summed E-state index contributed by atoms with van der Waals surface area (Å²) >= 11 is 0. The number of rotatable bonds is 8. The first-order valence-corrected chi connectivity index (χ1v) is 8.62. The van der Waals surface area contributed by atoms with E-state index in [0.29, 0.717) is 11.6 Å². The van der Waals surface area contributed by atoms with Gasteiger partial charge in [0.25, 0.3) is 5.91 Å². The lowest BCUT2D eigenvalue weighted by Crippen LogP contribution is -2.19. The van der Waals surface area contributed by atoms with Crippen molar-refractivity contribution in [2.45, 2.75) is 26.7 Å². The van der Waals surface area contributed by atoms with Crippen molar-refractivity contribution < 1.29 is 4.79 Å². The molecule has 0 saturated heterocycles. The van der Waals surface area contributed by atoms with Gasteiger partial charge in [-0.05, 0) is 64.2 Å². The third-order valence-corrected chi connectivity index (χ3v) is 3.77. The predicted molar refractivity (Wildman–Crippen MR) is 102 cm³/mol. The molecule has 1 aromatic heterocycles. The summed E-state index contributed by atoms with van der Waals surface area (Å²) in [7, 11) is 4.08. The topological polar surface area (TPSA) is 70.2 Å². The van der Waals surface area contributed by atoms with Crippen LogP contribution < -0.4 is 10.6 Å². The molecule has 6 nitrogen and oxygen atoms in total. The zero-order valence-electron chi connectivity index (χ0n) is 15.5. The first-order valence-electron chi connectivity index (χ1n) is 8.62. The summed E-state index contributed by atoms with van der Waals surface area (Å²) in [6.45, 7) is 5.71. The molecular weight excluding hydrogens is 314 g/mol. The van der Waals surface area contributed by atoms with E-state index in [-0.39, 0.29) is 5.91 Å². The maximum Gasteiger partial charge on any atom is 0.274 e. The second-order valence-electron chi connectivity index (χ2n) is 6.31. The van der Waals surface area contributed by atoms with Crippen molar-refractivity contribution in [3.8, 4) is 0 Å². The van der Waals surface area contributed by atoms with Crippen molar-refractivity contribution in [1.82, 2.24) is 14.9 Å². The number of aromatic nitrogens is 2. The van der Waals surface area contributed by atoms with Crippen LogP contribution in [0, 0.1) is 6.92 Å².